The van der Waals surface area contributed by atoms with E-state index in [1.165, 1.54) is 6.92 Å². The Balaban J connectivity index is 4.38. The van der Waals surface area contributed by atoms with Crippen LogP contribution in [-0.4, -0.2) is 30.9 Å². The zero-order valence-electron chi connectivity index (χ0n) is 12.0. The molecular formula is C14H18N2O5. The van der Waals surface area contributed by atoms with Gasteiger partial charge in [-0.15, -0.1) is 0 Å². The van der Waals surface area contributed by atoms with Crippen LogP contribution in [0.15, 0.2) is 0 Å². The molecule has 0 aliphatic heterocycles. The molecule has 0 atom stereocenters. The highest BCUT2D eigenvalue weighted by molar-refractivity contribution is 5.98. The Morgan fingerprint density at radius 1 is 0.952 bits per heavy atom. The van der Waals surface area contributed by atoms with E-state index in [1.807, 2.05) is 12.1 Å². The normalized spacial score (nSPS) is 9.52. The lowest BCUT2D eigenvalue weighted by molar-refractivity contribution is -0.163. The third kappa shape index (κ3) is 9.17. The maximum Gasteiger partial charge on any atom is 0.320 e. The van der Waals surface area contributed by atoms with E-state index in [4.69, 9.17) is 20.0 Å². The molecule has 0 bridgehead atoms. The standard InChI is InChI=1S/C14H18N2O5/c1-11(17)10-12(13(18)20-8-4-2-6-15)14(19)21-9-5-3-7-16/h12H,2-5,8-10H2,1H3. The predicted octanol–water partition coefficient (Wildman–Crippen LogP) is 1.28. The van der Waals surface area contributed by atoms with Crippen LogP contribution in [-0.2, 0) is 23.9 Å². The van der Waals surface area contributed by atoms with E-state index in [9.17, 15) is 14.4 Å². The fourth-order valence-corrected chi connectivity index (χ4v) is 1.40. The van der Waals surface area contributed by atoms with Gasteiger partial charge >= 0.3 is 11.9 Å². The Kier molecular flexibility index (Phi) is 10.1. The zero-order chi connectivity index (χ0) is 16.1. The number of ether oxygens (including phenoxy) is 2. The number of nitriles is 2. The van der Waals surface area contributed by atoms with Gasteiger partial charge in [0.1, 0.15) is 5.78 Å². The molecule has 0 N–H and O–H groups in total. The van der Waals surface area contributed by atoms with Crippen LogP contribution in [0.25, 0.3) is 0 Å². The zero-order valence-corrected chi connectivity index (χ0v) is 12.0. The first-order valence-corrected chi connectivity index (χ1v) is 6.59. The average Bonchev–Trinajstić information content (AvgIpc) is 2.45. The van der Waals surface area contributed by atoms with Crippen molar-refractivity contribution in [3.63, 3.8) is 0 Å². The van der Waals surface area contributed by atoms with Gasteiger partial charge in [-0.3, -0.25) is 14.4 Å². The number of nitrogens with zero attached hydrogens (tertiary/aromatic N) is 2. The van der Waals surface area contributed by atoms with Gasteiger partial charge in [0.15, 0.2) is 5.92 Å². The number of carbonyl (C=O) groups is 3. The molecule has 0 amide bonds. The molecule has 7 heteroatoms. The first-order chi connectivity index (χ1) is 10.0. The molecule has 7 nitrogen and oxygen atoms in total. The molecule has 0 saturated carbocycles. The fraction of sp³-hybridized carbons (Fsp3) is 0.643. The summed E-state index contributed by atoms with van der Waals surface area (Å²) in [5.74, 6) is -3.27. The number of hydrogen-bond donors (Lipinski definition) is 0. The number of ketones is 1. The molecule has 0 fully saturated rings. The third-order valence-electron chi connectivity index (χ3n) is 2.42. The molecule has 0 aromatic heterocycles. The van der Waals surface area contributed by atoms with Crippen molar-refractivity contribution in [2.75, 3.05) is 13.2 Å². The van der Waals surface area contributed by atoms with Gasteiger partial charge in [-0.25, -0.2) is 0 Å². The quantitative estimate of drug-likeness (QED) is 0.338. The van der Waals surface area contributed by atoms with Gasteiger partial charge in [0.25, 0.3) is 0 Å². The second-order valence-corrected chi connectivity index (χ2v) is 4.32. The first-order valence-electron chi connectivity index (χ1n) is 6.59. The SMILES string of the molecule is CC(=O)CC(C(=O)OCCCC#N)C(=O)OCCCC#N. The summed E-state index contributed by atoms with van der Waals surface area (Å²) in [6.07, 6.45) is 0.930. The van der Waals surface area contributed by atoms with Crippen LogP contribution in [0.1, 0.15) is 39.0 Å². The topological polar surface area (TPSA) is 117 Å². The Morgan fingerprint density at radius 3 is 1.71 bits per heavy atom. The van der Waals surface area contributed by atoms with Gasteiger partial charge in [-0.05, 0) is 19.8 Å². The molecule has 0 unspecified atom stereocenters. The smallest absolute Gasteiger partial charge is 0.320 e. The van der Waals surface area contributed by atoms with E-state index in [1.54, 1.807) is 0 Å². The average molecular weight is 294 g/mol. The summed E-state index contributed by atoms with van der Waals surface area (Å²) in [4.78, 5) is 34.6. The van der Waals surface area contributed by atoms with Crippen LogP contribution in [0.3, 0.4) is 0 Å². The summed E-state index contributed by atoms with van der Waals surface area (Å²) < 4.78 is 9.72. The minimum atomic E-state index is -1.29. The molecule has 0 rings (SSSR count). The summed E-state index contributed by atoms with van der Waals surface area (Å²) >= 11 is 0. The Labute approximate surface area is 123 Å². The van der Waals surface area contributed by atoms with Crippen LogP contribution in [0, 0.1) is 28.6 Å². The number of rotatable bonds is 10. The van der Waals surface area contributed by atoms with Crippen LogP contribution >= 0.6 is 0 Å². The summed E-state index contributed by atoms with van der Waals surface area (Å²) in [7, 11) is 0. The summed E-state index contributed by atoms with van der Waals surface area (Å²) in [6.45, 7) is 1.30. The lowest BCUT2D eigenvalue weighted by Crippen LogP contribution is -2.30. The second kappa shape index (κ2) is 11.4. The van der Waals surface area contributed by atoms with E-state index in [-0.39, 0.29) is 38.3 Å². The van der Waals surface area contributed by atoms with Crippen LogP contribution in [0.2, 0.25) is 0 Å². The molecular weight excluding hydrogens is 276 g/mol. The van der Waals surface area contributed by atoms with Crippen molar-refractivity contribution in [2.45, 2.75) is 39.0 Å². The Hall–Kier alpha value is -2.41. The van der Waals surface area contributed by atoms with E-state index in [0.717, 1.165) is 0 Å². The Bertz CT molecular complexity index is 413. The molecule has 0 aromatic rings. The molecule has 114 valence electrons. The molecule has 0 heterocycles. The molecule has 21 heavy (non-hydrogen) atoms. The summed E-state index contributed by atoms with van der Waals surface area (Å²) in [5, 5.41) is 16.7. The van der Waals surface area contributed by atoms with Gasteiger partial charge in [0, 0.05) is 19.3 Å². The largest absolute Gasteiger partial charge is 0.465 e. The fourth-order valence-electron chi connectivity index (χ4n) is 1.40. The molecule has 0 aromatic carbocycles. The third-order valence-corrected chi connectivity index (χ3v) is 2.42. The molecule has 0 aliphatic carbocycles. The van der Waals surface area contributed by atoms with E-state index < -0.39 is 17.9 Å². The molecule has 0 spiro atoms. The molecule has 0 saturated heterocycles. The maximum atomic E-state index is 11.8. The summed E-state index contributed by atoms with van der Waals surface area (Å²) in [6, 6.07) is 3.80. The van der Waals surface area contributed by atoms with Crippen LogP contribution in [0.5, 0.6) is 0 Å². The first kappa shape index (κ1) is 18.6. The molecule has 0 aliphatic rings. The highest BCUT2D eigenvalue weighted by Gasteiger charge is 2.31. The van der Waals surface area contributed by atoms with Crippen LogP contribution < -0.4 is 0 Å². The van der Waals surface area contributed by atoms with Gasteiger partial charge in [-0.2, -0.15) is 10.5 Å². The minimum absolute atomic E-state index is 0.0164. The number of esters is 2. The van der Waals surface area contributed by atoms with E-state index in [2.05, 4.69) is 0 Å². The van der Waals surface area contributed by atoms with E-state index >= 15 is 0 Å². The van der Waals surface area contributed by atoms with Crippen molar-refractivity contribution >= 4 is 17.7 Å². The van der Waals surface area contributed by atoms with E-state index in [0.29, 0.717) is 12.8 Å². The number of hydrogen-bond acceptors (Lipinski definition) is 7. The lowest BCUT2D eigenvalue weighted by Gasteiger charge is -2.13. The van der Waals surface area contributed by atoms with Gasteiger partial charge in [-0.1, -0.05) is 0 Å². The number of carbonyl (C=O) groups excluding carboxylic acids is 3. The van der Waals surface area contributed by atoms with Crippen molar-refractivity contribution in [1.29, 1.82) is 10.5 Å². The second-order valence-electron chi connectivity index (χ2n) is 4.32. The number of Topliss-reactive ketones (excluding diaryl/α,β-unsaturated/α-hetero) is 1. The monoisotopic (exact) mass is 294 g/mol. The van der Waals surface area contributed by atoms with Crippen molar-refractivity contribution < 1.29 is 23.9 Å². The van der Waals surface area contributed by atoms with Crippen LogP contribution in [0.4, 0.5) is 0 Å². The minimum Gasteiger partial charge on any atom is -0.465 e. The van der Waals surface area contributed by atoms with Gasteiger partial charge in [0.2, 0.25) is 0 Å². The van der Waals surface area contributed by atoms with Crippen molar-refractivity contribution in [3.8, 4) is 12.1 Å². The molecule has 0 radical (unpaired) electrons. The predicted molar refractivity (Wildman–Crippen MR) is 70.4 cm³/mol. The Morgan fingerprint density at radius 2 is 1.38 bits per heavy atom. The lowest BCUT2D eigenvalue weighted by atomic mass is 10.0. The highest BCUT2D eigenvalue weighted by atomic mass is 16.6. The van der Waals surface area contributed by atoms with Crippen molar-refractivity contribution in [1.82, 2.24) is 0 Å². The van der Waals surface area contributed by atoms with Crippen molar-refractivity contribution in [3.05, 3.63) is 0 Å². The van der Waals surface area contributed by atoms with Gasteiger partial charge < -0.3 is 9.47 Å². The maximum absolute atomic E-state index is 11.8. The highest BCUT2D eigenvalue weighted by Crippen LogP contribution is 2.11. The van der Waals surface area contributed by atoms with Crippen molar-refractivity contribution in [2.24, 2.45) is 5.92 Å². The number of unbranched alkanes of at least 4 members (excludes halogenated alkanes) is 2. The summed E-state index contributed by atoms with van der Waals surface area (Å²) in [5.41, 5.74) is 0. The van der Waals surface area contributed by atoms with Gasteiger partial charge in [0.05, 0.1) is 25.4 Å².